The van der Waals surface area contributed by atoms with E-state index < -0.39 is 0 Å². The molecule has 1 N–H and O–H groups in total. The Morgan fingerprint density at radius 3 is 2.94 bits per heavy atom. The molecular formula is C15H20FN. The lowest BCUT2D eigenvalue weighted by atomic mass is 10.1. The van der Waals surface area contributed by atoms with E-state index in [9.17, 15) is 4.39 Å². The zero-order valence-electron chi connectivity index (χ0n) is 10.4. The van der Waals surface area contributed by atoms with Crippen LogP contribution in [0.15, 0.2) is 29.8 Å². The van der Waals surface area contributed by atoms with Crippen LogP contribution < -0.4 is 5.32 Å². The van der Waals surface area contributed by atoms with Gasteiger partial charge in [-0.15, -0.1) is 0 Å². The van der Waals surface area contributed by atoms with Gasteiger partial charge in [0.15, 0.2) is 0 Å². The van der Waals surface area contributed by atoms with Crippen LogP contribution in [0.5, 0.6) is 0 Å². The van der Waals surface area contributed by atoms with Crippen LogP contribution in [0.4, 0.5) is 4.39 Å². The number of hydrogen-bond donors (Lipinski definition) is 1. The third kappa shape index (κ3) is 3.67. The molecule has 2 rings (SSSR count). The summed E-state index contributed by atoms with van der Waals surface area (Å²) in [4.78, 5) is 0. The molecule has 0 aliphatic heterocycles. The number of benzene rings is 1. The second-order valence-corrected chi connectivity index (χ2v) is 4.76. The van der Waals surface area contributed by atoms with Crippen LogP contribution in [0, 0.1) is 12.7 Å². The fourth-order valence-electron chi connectivity index (χ4n) is 2.19. The van der Waals surface area contributed by atoms with Gasteiger partial charge in [-0.3, -0.25) is 0 Å². The molecule has 0 unspecified atom stereocenters. The van der Waals surface area contributed by atoms with Gasteiger partial charge in [0.25, 0.3) is 0 Å². The molecule has 17 heavy (non-hydrogen) atoms. The van der Waals surface area contributed by atoms with Crippen LogP contribution in [0.2, 0.25) is 0 Å². The Kier molecular flexibility index (Phi) is 4.32. The first-order chi connectivity index (χ1) is 8.25. The first-order valence-corrected chi connectivity index (χ1v) is 6.39. The smallest absolute Gasteiger partial charge is 0.126 e. The molecule has 0 amide bonds. The molecule has 0 spiro atoms. The molecule has 92 valence electrons. The number of allylic oxidation sites excluding steroid dienone is 1. The highest BCUT2D eigenvalue weighted by atomic mass is 19.1. The zero-order chi connectivity index (χ0) is 12.1. The number of nitrogens with one attached hydrogen (secondary N) is 1. The monoisotopic (exact) mass is 233 g/mol. The van der Waals surface area contributed by atoms with E-state index in [2.05, 4.69) is 11.4 Å². The highest BCUT2D eigenvalue weighted by molar-refractivity contribution is 5.23. The summed E-state index contributed by atoms with van der Waals surface area (Å²) in [6.45, 7) is 3.53. The van der Waals surface area contributed by atoms with Gasteiger partial charge in [-0.2, -0.15) is 0 Å². The Hall–Kier alpha value is -1.15. The van der Waals surface area contributed by atoms with E-state index in [0.29, 0.717) is 5.56 Å². The van der Waals surface area contributed by atoms with Crippen molar-refractivity contribution in [2.45, 2.75) is 39.2 Å². The minimum Gasteiger partial charge on any atom is -0.312 e. The fourth-order valence-corrected chi connectivity index (χ4v) is 2.19. The van der Waals surface area contributed by atoms with Crippen molar-refractivity contribution in [3.63, 3.8) is 0 Å². The van der Waals surface area contributed by atoms with Crippen molar-refractivity contribution in [3.05, 3.63) is 46.8 Å². The topological polar surface area (TPSA) is 12.0 Å². The summed E-state index contributed by atoms with van der Waals surface area (Å²) in [6.07, 6.45) is 7.32. The van der Waals surface area contributed by atoms with Crippen molar-refractivity contribution < 1.29 is 4.39 Å². The maximum Gasteiger partial charge on any atom is 0.126 e. The maximum absolute atomic E-state index is 13.3. The number of aryl methyl sites for hydroxylation is 1. The molecule has 0 saturated carbocycles. The predicted octanol–water partition coefficient (Wildman–Crippen LogP) is 3.72. The minimum absolute atomic E-state index is 0.109. The predicted molar refractivity (Wildman–Crippen MR) is 69.4 cm³/mol. The molecule has 0 atom stereocenters. The van der Waals surface area contributed by atoms with Gasteiger partial charge in [0.2, 0.25) is 0 Å². The normalized spacial score (nSPS) is 15.1. The van der Waals surface area contributed by atoms with E-state index in [1.165, 1.54) is 19.3 Å². The lowest BCUT2D eigenvalue weighted by Crippen LogP contribution is -2.15. The van der Waals surface area contributed by atoms with E-state index in [4.69, 9.17) is 0 Å². The summed E-state index contributed by atoms with van der Waals surface area (Å²) in [5, 5.41) is 3.37. The summed E-state index contributed by atoms with van der Waals surface area (Å²) in [5.41, 5.74) is 3.31. The molecule has 0 saturated heterocycles. The average molecular weight is 233 g/mol. The second kappa shape index (κ2) is 5.97. The molecule has 0 radical (unpaired) electrons. The van der Waals surface area contributed by atoms with Crippen LogP contribution in [-0.2, 0) is 6.54 Å². The quantitative estimate of drug-likeness (QED) is 0.603. The van der Waals surface area contributed by atoms with E-state index >= 15 is 0 Å². The zero-order valence-corrected chi connectivity index (χ0v) is 10.4. The number of hydrogen-bond acceptors (Lipinski definition) is 1. The first kappa shape index (κ1) is 12.3. The molecule has 1 aromatic carbocycles. The van der Waals surface area contributed by atoms with E-state index in [1.807, 2.05) is 12.1 Å². The van der Waals surface area contributed by atoms with E-state index in [1.54, 1.807) is 18.6 Å². The van der Waals surface area contributed by atoms with Crippen molar-refractivity contribution in [3.8, 4) is 0 Å². The molecule has 1 aliphatic carbocycles. The van der Waals surface area contributed by atoms with Crippen LogP contribution in [0.25, 0.3) is 0 Å². The van der Waals surface area contributed by atoms with Crippen molar-refractivity contribution in [1.29, 1.82) is 0 Å². The van der Waals surface area contributed by atoms with Gasteiger partial charge in [0.05, 0.1) is 0 Å². The van der Waals surface area contributed by atoms with Crippen LogP contribution >= 0.6 is 0 Å². The summed E-state index contributed by atoms with van der Waals surface area (Å²) in [6, 6.07) is 5.45. The number of halogens is 1. The van der Waals surface area contributed by atoms with Crippen molar-refractivity contribution in [2.24, 2.45) is 0 Å². The Labute approximate surface area is 103 Å². The van der Waals surface area contributed by atoms with Crippen molar-refractivity contribution in [2.75, 3.05) is 6.54 Å². The average Bonchev–Trinajstić information content (AvgIpc) is 2.82. The molecule has 2 heteroatoms. The molecule has 1 aliphatic rings. The van der Waals surface area contributed by atoms with Crippen LogP contribution in [-0.4, -0.2) is 6.54 Å². The van der Waals surface area contributed by atoms with Crippen LogP contribution in [0.3, 0.4) is 0 Å². The minimum atomic E-state index is -0.109. The van der Waals surface area contributed by atoms with Gasteiger partial charge in [-0.05, 0) is 56.3 Å². The van der Waals surface area contributed by atoms with Gasteiger partial charge in [-0.25, -0.2) is 4.39 Å². The molecule has 0 aromatic heterocycles. The largest absolute Gasteiger partial charge is 0.312 e. The van der Waals surface area contributed by atoms with Gasteiger partial charge < -0.3 is 5.32 Å². The third-order valence-electron chi connectivity index (χ3n) is 3.32. The van der Waals surface area contributed by atoms with E-state index in [0.717, 1.165) is 25.1 Å². The molecule has 0 bridgehead atoms. The van der Waals surface area contributed by atoms with Crippen LogP contribution in [0.1, 0.15) is 36.8 Å². The Bertz CT molecular complexity index is 409. The molecular weight excluding hydrogens is 213 g/mol. The fraction of sp³-hybridized carbons (Fsp3) is 0.467. The number of rotatable bonds is 5. The second-order valence-electron chi connectivity index (χ2n) is 4.76. The summed E-state index contributed by atoms with van der Waals surface area (Å²) in [7, 11) is 0. The SMILES string of the molecule is Cc1ccc(CNCCC2=CCCC2)cc1F. The molecule has 1 nitrogen and oxygen atoms in total. The lowest BCUT2D eigenvalue weighted by molar-refractivity contribution is 0.611. The molecule has 0 fully saturated rings. The molecule has 0 heterocycles. The Morgan fingerprint density at radius 2 is 2.24 bits per heavy atom. The lowest BCUT2D eigenvalue weighted by Gasteiger charge is -2.06. The maximum atomic E-state index is 13.3. The van der Waals surface area contributed by atoms with Crippen molar-refractivity contribution in [1.82, 2.24) is 5.32 Å². The standard InChI is InChI=1S/C15H20FN/c1-12-6-7-14(10-15(12)16)11-17-9-8-13-4-2-3-5-13/h4,6-7,10,17H,2-3,5,8-9,11H2,1H3. The van der Waals surface area contributed by atoms with E-state index in [-0.39, 0.29) is 5.82 Å². The summed E-state index contributed by atoms with van der Waals surface area (Å²) < 4.78 is 13.3. The third-order valence-corrected chi connectivity index (χ3v) is 3.32. The summed E-state index contributed by atoms with van der Waals surface area (Å²) in [5.74, 6) is -0.109. The van der Waals surface area contributed by atoms with Gasteiger partial charge in [0, 0.05) is 6.54 Å². The highest BCUT2D eigenvalue weighted by Crippen LogP contribution is 2.19. The first-order valence-electron chi connectivity index (χ1n) is 6.39. The molecule has 1 aromatic rings. The Morgan fingerprint density at radius 1 is 1.35 bits per heavy atom. The highest BCUT2D eigenvalue weighted by Gasteiger charge is 2.04. The van der Waals surface area contributed by atoms with Gasteiger partial charge in [0.1, 0.15) is 5.82 Å². The Balaban J connectivity index is 1.72. The van der Waals surface area contributed by atoms with Gasteiger partial charge in [-0.1, -0.05) is 23.8 Å². The van der Waals surface area contributed by atoms with Crippen molar-refractivity contribution >= 4 is 0 Å². The summed E-state index contributed by atoms with van der Waals surface area (Å²) >= 11 is 0. The van der Waals surface area contributed by atoms with Gasteiger partial charge >= 0.3 is 0 Å².